The smallest absolute Gasteiger partial charge is 0.309 e. The first-order valence-electron chi connectivity index (χ1n) is 6.31. The second-order valence-electron chi connectivity index (χ2n) is 4.39. The topological polar surface area (TPSA) is 35.5 Å². The first kappa shape index (κ1) is 15.7. The second kappa shape index (κ2) is 7.34. The summed E-state index contributed by atoms with van der Waals surface area (Å²) in [5, 5.41) is 0.923. The molecule has 21 heavy (non-hydrogen) atoms. The predicted molar refractivity (Wildman–Crippen MR) is 83.0 cm³/mol. The zero-order valence-corrected chi connectivity index (χ0v) is 12.9. The fourth-order valence-electron chi connectivity index (χ4n) is 1.83. The molecular formula is C16H14Cl2O3. The van der Waals surface area contributed by atoms with Crippen LogP contribution < -0.4 is 4.74 Å². The first-order chi connectivity index (χ1) is 10.1. The Bertz CT molecular complexity index is 641. The van der Waals surface area contributed by atoms with Crippen molar-refractivity contribution in [3.8, 4) is 5.75 Å². The van der Waals surface area contributed by atoms with Crippen molar-refractivity contribution in [2.45, 2.75) is 13.0 Å². The summed E-state index contributed by atoms with van der Waals surface area (Å²) in [6.45, 7) is 0.338. The molecule has 110 valence electrons. The molecule has 0 unspecified atom stereocenters. The van der Waals surface area contributed by atoms with Gasteiger partial charge in [0, 0.05) is 6.07 Å². The Morgan fingerprint density at radius 3 is 2.43 bits per heavy atom. The van der Waals surface area contributed by atoms with Gasteiger partial charge in [-0.05, 0) is 23.3 Å². The molecule has 2 aromatic rings. The molecule has 5 heteroatoms. The lowest BCUT2D eigenvalue weighted by Crippen LogP contribution is -2.08. The van der Waals surface area contributed by atoms with Crippen molar-refractivity contribution in [2.24, 2.45) is 0 Å². The van der Waals surface area contributed by atoms with Crippen LogP contribution in [0.1, 0.15) is 11.1 Å². The lowest BCUT2D eigenvalue weighted by atomic mass is 10.1. The maximum absolute atomic E-state index is 11.4. The van der Waals surface area contributed by atoms with Crippen molar-refractivity contribution < 1.29 is 14.3 Å². The van der Waals surface area contributed by atoms with E-state index in [4.69, 9.17) is 27.9 Å². The molecule has 0 radical (unpaired) electrons. The van der Waals surface area contributed by atoms with Crippen molar-refractivity contribution in [3.63, 3.8) is 0 Å². The van der Waals surface area contributed by atoms with Gasteiger partial charge in [0.25, 0.3) is 0 Å². The van der Waals surface area contributed by atoms with Crippen molar-refractivity contribution >= 4 is 29.2 Å². The van der Waals surface area contributed by atoms with Crippen LogP contribution >= 0.6 is 23.2 Å². The number of methoxy groups -OCH3 is 1. The molecule has 0 fully saturated rings. The van der Waals surface area contributed by atoms with Gasteiger partial charge < -0.3 is 9.47 Å². The zero-order valence-electron chi connectivity index (χ0n) is 11.4. The Hall–Kier alpha value is -1.71. The fraction of sp³-hybridized carbons (Fsp3) is 0.188. The number of hydrogen-bond acceptors (Lipinski definition) is 3. The molecular weight excluding hydrogens is 311 g/mol. The summed E-state index contributed by atoms with van der Waals surface area (Å²) in [6.07, 6.45) is 0.220. The third-order valence-corrected chi connectivity index (χ3v) is 3.71. The van der Waals surface area contributed by atoms with Crippen LogP contribution in [0.15, 0.2) is 42.5 Å². The Morgan fingerprint density at radius 2 is 1.76 bits per heavy atom. The van der Waals surface area contributed by atoms with E-state index in [1.165, 1.54) is 7.11 Å². The third-order valence-electron chi connectivity index (χ3n) is 2.97. The highest BCUT2D eigenvalue weighted by atomic mass is 35.5. The van der Waals surface area contributed by atoms with Crippen LogP contribution in [-0.2, 0) is 22.6 Å². The van der Waals surface area contributed by atoms with Gasteiger partial charge >= 0.3 is 5.97 Å². The number of carbonyl (C=O) groups is 1. The first-order valence-corrected chi connectivity index (χ1v) is 7.07. The maximum atomic E-state index is 11.4. The minimum absolute atomic E-state index is 0.220. The molecule has 0 aliphatic carbocycles. The van der Waals surface area contributed by atoms with Crippen LogP contribution in [-0.4, -0.2) is 13.1 Å². The van der Waals surface area contributed by atoms with E-state index in [0.717, 1.165) is 11.1 Å². The van der Waals surface area contributed by atoms with Gasteiger partial charge in [-0.15, -0.1) is 0 Å². The van der Waals surface area contributed by atoms with Crippen LogP contribution in [0.5, 0.6) is 5.75 Å². The van der Waals surface area contributed by atoms with E-state index in [2.05, 4.69) is 4.74 Å². The molecule has 0 N–H and O–H groups in total. The fourth-order valence-corrected chi connectivity index (χ4v) is 2.11. The molecule has 3 nitrogen and oxygen atoms in total. The summed E-state index contributed by atoms with van der Waals surface area (Å²) in [5.74, 6) is 0.342. The van der Waals surface area contributed by atoms with Gasteiger partial charge in [-0.25, -0.2) is 0 Å². The van der Waals surface area contributed by atoms with Crippen molar-refractivity contribution in [1.82, 2.24) is 0 Å². The summed E-state index contributed by atoms with van der Waals surface area (Å²) in [6, 6.07) is 12.7. The quantitative estimate of drug-likeness (QED) is 0.770. The van der Waals surface area contributed by atoms with Gasteiger partial charge in [-0.2, -0.15) is 0 Å². The van der Waals surface area contributed by atoms with E-state index in [1.54, 1.807) is 18.2 Å². The highest BCUT2D eigenvalue weighted by Gasteiger charge is 2.08. The molecule has 0 atom stereocenters. The number of hydrogen-bond donors (Lipinski definition) is 0. The van der Waals surface area contributed by atoms with Crippen molar-refractivity contribution in [2.75, 3.05) is 7.11 Å². The highest BCUT2D eigenvalue weighted by Crippen LogP contribution is 2.27. The van der Waals surface area contributed by atoms with E-state index in [1.807, 2.05) is 24.3 Å². The SMILES string of the molecule is COC(=O)Cc1ccccc1COc1ccc(Cl)c(Cl)c1. The summed E-state index contributed by atoms with van der Waals surface area (Å²) >= 11 is 11.8. The minimum Gasteiger partial charge on any atom is -0.489 e. The lowest BCUT2D eigenvalue weighted by Gasteiger charge is -2.11. The van der Waals surface area contributed by atoms with E-state index in [9.17, 15) is 4.79 Å². The average Bonchev–Trinajstić information content (AvgIpc) is 2.49. The summed E-state index contributed by atoms with van der Waals surface area (Å²) in [7, 11) is 1.37. The van der Waals surface area contributed by atoms with Crippen molar-refractivity contribution in [1.29, 1.82) is 0 Å². The Labute approximate surface area is 133 Å². The number of benzene rings is 2. The van der Waals surface area contributed by atoms with Gasteiger partial charge in [-0.3, -0.25) is 4.79 Å². The second-order valence-corrected chi connectivity index (χ2v) is 5.20. The lowest BCUT2D eigenvalue weighted by molar-refractivity contribution is -0.139. The molecule has 0 aliphatic rings. The molecule has 2 rings (SSSR count). The number of rotatable bonds is 5. The van der Waals surface area contributed by atoms with Gasteiger partial charge in [0.15, 0.2) is 0 Å². The maximum Gasteiger partial charge on any atom is 0.309 e. The van der Waals surface area contributed by atoms with Crippen LogP contribution in [0.3, 0.4) is 0 Å². The van der Waals surface area contributed by atoms with Crippen LogP contribution in [0, 0.1) is 0 Å². The molecule has 0 aliphatic heterocycles. The predicted octanol–water partition coefficient (Wildman–Crippen LogP) is 4.29. The molecule has 0 saturated heterocycles. The monoisotopic (exact) mass is 324 g/mol. The minimum atomic E-state index is -0.281. The summed E-state index contributed by atoms with van der Waals surface area (Å²) in [4.78, 5) is 11.4. The molecule has 2 aromatic carbocycles. The number of halogens is 2. The Balaban J connectivity index is 2.09. The van der Waals surface area contributed by atoms with Crippen LogP contribution in [0.2, 0.25) is 10.0 Å². The van der Waals surface area contributed by atoms with E-state index in [-0.39, 0.29) is 12.4 Å². The molecule has 0 spiro atoms. The van der Waals surface area contributed by atoms with Gasteiger partial charge in [0.2, 0.25) is 0 Å². The molecule has 0 heterocycles. The third kappa shape index (κ3) is 4.38. The number of carbonyl (C=O) groups excluding carboxylic acids is 1. The van der Waals surface area contributed by atoms with Crippen LogP contribution in [0.25, 0.3) is 0 Å². The standard InChI is InChI=1S/C16H14Cl2O3/c1-20-16(19)8-11-4-2-3-5-12(11)10-21-13-6-7-14(17)15(18)9-13/h2-7,9H,8,10H2,1H3. The van der Waals surface area contributed by atoms with Crippen LogP contribution in [0.4, 0.5) is 0 Å². The zero-order chi connectivity index (χ0) is 15.2. The molecule has 0 aromatic heterocycles. The van der Waals surface area contributed by atoms with Gasteiger partial charge in [-0.1, -0.05) is 47.5 Å². The highest BCUT2D eigenvalue weighted by molar-refractivity contribution is 6.42. The molecule has 0 saturated carbocycles. The summed E-state index contributed by atoms with van der Waals surface area (Å²) in [5.41, 5.74) is 1.80. The normalized spacial score (nSPS) is 10.2. The number of esters is 1. The summed E-state index contributed by atoms with van der Waals surface area (Å²) < 4.78 is 10.4. The number of ether oxygens (including phenoxy) is 2. The molecule has 0 amide bonds. The van der Waals surface area contributed by atoms with E-state index >= 15 is 0 Å². The van der Waals surface area contributed by atoms with Gasteiger partial charge in [0.1, 0.15) is 12.4 Å². The van der Waals surface area contributed by atoms with Gasteiger partial charge in [0.05, 0.1) is 23.6 Å². The van der Waals surface area contributed by atoms with Crippen molar-refractivity contribution in [3.05, 3.63) is 63.6 Å². The Morgan fingerprint density at radius 1 is 1.05 bits per heavy atom. The van der Waals surface area contributed by atoms with E-state index < -0.39 is 0 Å². The van der Waals surface area contributed by atoms with E-state index in [0.29, 0.717) is 22.4 Å². The Kier molecular flexibility index (Phi) is 5.48. The average molecular weight is 325 g/mol. The molecule has 0 bridgehead atoms. The largest absolute Gasteiger partial charge is 0.489 e.